The van der Waals surface area contributed by atoms with Gasteiger partial charge in [0.2, 0.25) is 5.91 Å². The predicted molar refractivity (Wildman–Crippen MR) is 92.4 cm³/mol. The summed E-state index contributed by atoms with van der Waals surface area (Å²) in [5.41, 5.74) is -0.0785. The van der Waals surface area contributed by atoms with Crippen LogP contribution in [0.15, 0.2) is 40.8 Å². The van der Waals surface area contributed by atoms with Crippen molar-refractivity contribution in [2.24, 2.45) is 5.92 Å². The van der Waals surface area contributed by atoms with Crippen LogP contribution in [0.25, 0.3) is 0 Å². The van der Waals surface area contributed by atoms with Gasteiger partial charge in [0.1, 0.15) is 23.4 Å². The molecule has 0 aliphatic carbocycles. The molecule has 0 fully saturated rings. The molecule has 6 heteroatoms. The second kappa shape index (κ2) is 7.96. The van der Waals surface area contributed by atoms with E-state index in [-0.39, 0.29) is 17.4 Å². The van der Waals surface area contributed by atoms with Gasteiger partial charge in [-0.1, -0.05) is 26.0 Å². The highest BCUT2D eigenvalue weighted by Gasteiger charge is 2.28. The van der Waals surface area contributed by atoms with Crippen molar-refractivity contribution in [2.75, 3.05) is 7.05 Å². The average Bonchev–Trinajstić information content (AvgIpc) is 2.96. The van der Waals surface area contributed by atoms with E-state index in [9.17, 15) is 14.0 Å². The Labute approximate surface area is 146 Å². The van der Waals surface area contributed by atoms with Crippen molar-refractivity contribution in [1.29, 1.82) is 0 Å². The number of carbonyl (C=O) groups excluding carboxylic acids is 2. The zero-order valence-corrected chi connectivity index (χ0v) is 14.9. The molecule has 0 spiro atoms. The van der Waals surface area contributed by atoms with Crippen LogP contribution in [0, 0.1) is 18.7 Å². The van der Waals surface area contributed by atoms with Crippen molar-refractivity contribution in [1.82, 2.24) is 10.2 Å². The molecular weight excluding hydrogens is 323 g/mol. The van der Waals surface area contributed by atoms with E-state index in [2.05, 4.69) is 5.32 Å². The van der Waals surface area contributed by atoms with E-state index in [4.69, 9.17) is 4.42 Å². The maximum atomic E-state index is 13.8. The zero-order valence-electron chi connectivity index (χ0n) is 14.9. The van der Waals surface area contributed by atoms with Crippen LogP contribution in [0.5, 0.6) is 0 Å². The topological polar surface area (TPSA) is 62.6 Å². The lowest BCUT2D eigenvalue weighted by Gasteiger charge is -2.26. The molecule has 1 atom stereocenters. The third kappa shape index (κ3) is 4.68. The molecule has 134 valence electrons. The summed E-state index contributed by atoms with van der Waals surface area (Å²) in [5.74, 6) is -0.195. The number of hydrogen-bond donors (Lipinski definition) is 1. The van der Waals surface area contributed by atoms with Crippen molar-refractivity contribution >= 4 is 11.8 Å². The molecule has 0 saturated carbocycles. The summed E-state index contributed by atoms with van der Waals surface area (Å²) in [5, 5.41) is 2.64. The molecule has 1 N–H and O–H groups in total. The zero-order chi connectivity index (χ0) is 18.6. The average molecular weight is 346 g/mol. The Kier molecular flexibility index (Phi) is 5.96. The minimum Gasteiger partial charge on any atom is -0.464 e. The molecule has 0 bridgehead atoms. The summed E-state index contributed by atoms with van der Waals surface area (Å²) in [4.78, 5) is 26.5. The number of halogens is 1. The van der Waals surface area contributed by atoms with Gasteiger partial charge in [-0.15, -0.1) is 0 Å². The van der Waals surface area contributed by atoms with Gasteiger partial charge >= 0.3 is 0 Å². The summed E-state index contributed by atoms with van der Waals surface area (Å²) in [6.07, 6.45) is 0. The van der Waals surface area contributed by atoms with Crippen LogP contribution in [0.1, 0.15) is 35.7 Å². The van der Waals surface area contributed by atoms with Gasteiger partial charge in [-0.05, 0) is 37.1 Å². The van der Waals surface area contributed by atoms with Crippen LogP contribution in [0.4, 0.5) is 4.39 Å². The Morgan fingerprint density at radius 1 is 1.20 bits per heavy atom. The van der Waals surface area contributed by atoms with Crippen LogP contribution in [-0.4, -0.2) is 29.8 Å². The number of hydrogen-bond acceptors (Lipinski definition) is 3. The van der Waals surface area contributed by atoms with Gasteiger partial charge in [-0.2, -0.15) is 0 Å². The number of likely N-dealkylation sites (N-methyl/N-ethyl adjacent to an activating group) is 1. The number of furan rings is 1. The molecule has 1 aromatic heterocycles. The molecule has 2 aromatic rings. The fraction of sp³-hybridized carbons (Fsp3) is 0.368. The fourth-order valence-electron chi connectivity index (χ4n) is 2.50. The quantitative estimate of drug-likeness (QED) is 0.874. The Bertz CT molecular complexity index is 755. The second-order valence-electron chi connectivity index (χ2n) is 6.38. The highest BCUT2D eigenvalue weighted by molar-refractivity contribution is 5.97. The molecule has 2 rings (SSSR count). The van der Waals surface area contributed by atoms with Gasteiger partial charge in [0.25, 0.3) is 5.91 Å². The number of nitrogens with one attached hydrogen (secondary N) is 1. The molecule has 25 heavy (non-hydrogen) atoms. The lowest BCUT2D eigenvalue weighted by molar-refractivity contribution is -0.133. The molecular formula is C19H23FN2O3. The third-order valence-electron chi connectivity index (χ3n) is 3.90. The van der Waals surface area contributed by atoms with E-state index in [0.717, 1.165) is 5.76 Å². The van der Waals surface area contributed by atoms with Gasteiger partial charge in [0, 0.05) is 7.05 Å². The number of nitrogens with zero attached hydrogens (tertiary/aromatic N) is 1. The lowest BCUT2D eigenvalue weighted by Crippen LogP contribution is -2.50. The van der Waals surface area contributed by atoms with Crippen LogP contribution < -0.4 is 5.32 Å². The Morgan fingerprint density at radius 2 is 1.88 bits per heavy atom. The van der Waals surface area contributed by atoms with Crippen LogP contribution in [-0.2, 0) is 11.3 Å². The van der Waals surface area contributed by atoms with E-state index in [1.54, 1.807) is 19.2 Å². The Balaban J connectivity index is 2.10. The molecule has 2 amide bonds. The van der Waals surface area contributed by atoms with Crippen molar-refractivity contribution in [3.8, 4) is 0 Å². The summed E-state index contributed by atoms with van der Waals surface area (Å²) < 4.78 is 19.3. The SMILES string of the molecule is Cc1ccc(CN(C)C(=O)[C@@H](NC(=O)c2ccccc2F)C(C)C)o1. The second-order valence-corrected chi connectivity index (χ2v) is 6.38. The van der Waals surface area contributed by atoms with Crippen molar-refractivity contribution in [3.05, 3.63) is 59.3 Å². The van der Waals surface area contributed by atoms with Gasteiger partial charge in [-0.3, -0.25) is 9.59 Å². The van der Waals surface area contributed by atoms with Gasteiger partial charge in [0.05, 0.1) is 12.1 Å². The van der Waals surface area contributed by atoms with Crippen LogP contribution in [0.2, 0.25) is 0 Å². The number of aryl methyl sites for hydroxylation is 1. The monoisotopic (exact) mass is 346 g/mol. The first-order valence-corrected chi connectivity index (χ1v) is 8.15. The summed E-state index contributed by atoms with van der Waals surface area (Å²) in [6, 6.07) is 8.57. The van der Waals surface area contributed by atoms with Crippen molar-refractivity contribution in [2.45, 2.75) is 33.4 Å². The van der Waals surface area contributed by atoms with E-state index in [1.165, 1.54) is 23.1 Å². The standard InChI is InChI=1S/C19H23FN2O3/c1-12(2)17(21-18(23)15-7-5-6-8-16(15)20)19(24)22(4)11-14-10-9-13(3)25-14/h5-10,12,17H,11H2,1-4H3,(H,21,23)/t17-/m0/s1. The first-order valence-electron chi connectivity index (χ1n) is 8.15. The minimum atomic E-state index is -0.756. The lowest BCUT2D eigenvalue weighted by atomic mass is 10.0. The van der Waals surface area contributed by atoms with Gasteiger partial charge < -0.3 is 14.6 Å². The molecule has 1 heterocycles. The van der Waals surface area contributed by atoms with E-state index < -0.39 is 17.8 Å². The molecule has 0 saturated heterocycles. The summed E-state index contributed by atoms with van der Waals surface area (Å²) in [6.45, 7) is 5.78. The predicted octanol–water partition coefficient (Wildman–Crippen LogP) is 3.14. The fourth-order valence-corrected chi connectivity index (χ4v) is 2.50. The number of amides is 2. The van der Waals surface area contributed by atoms with E-state index >= 15 is 0 Å². The first kappa shape index (κ1) is 18.7. The highest BCUT2D eigenvalue weighted by atomic mass is 19.1. The maximum Gasteiger partial charge on any atom is 0.254 e. The van der Waals surface area contributed by atoms with E-state index in [1.807, 2.05) is 26.8 Å². The van der Waals surface area contributed by atoms with Crippen molar-refractivity contribution < 1.29 is 18.4 Å². The Hall–Kier alpha value is -2.63. The molecule has 0 aliphatic heterocycles. The molecule has 0 unspecified atom stereocenters. The molecule has 0 aliphatic rings. The molecule has 5 nitrogen and oxygen atoms in total. The maximum absolute atomic E-state index is 13.8. The molecule has 1 aromatic carbocycles. The Morgan fingerprint density at radius 3 is 2.44 bits per heavy atom. The molecule has 0 radical (unpaired) electrons. The smallest absolute Gasteiger partial charge is 0.254 e. The largest absolute Gasteiger partial charge is 0.464 e. The third-order valence-corrected chi connectivity index (χ3v) is 3.90. The summed E-state index contributed by atoms with van der Waals surface area (Å²) >= 11 is 0. The van der Waals surface area contributed by atoms with E-state index in [0.29, 0.717) is 12.3 Å². The highest BCUT2D eigenvalue weighted by Crippen LogP contribution is 2.13. The number of carbonyl (C=O) groups is 2. The number of benzene rings is 1. The normalized spacial score (nSPS) is 12.1. The van der Waals surface area contributed by atoms with Gasteiger partial charge in [0.15, 0.2) is 0 Å². The van der Waals surface area contributed by atoms with Crippen LogP contribution >= 0.6 is 0 Å². The number of rotatable bonds is 6. The van der Waals surface area contributed by atoms with Crippen LogP contribution in [0.3, 0.4) is 0 Å². The van der Waals surface area contributed by atoms with Gasteiger partial charge in [-0.25, -0.2) is 4.39 Å². The summed E-state index contributed by atoms with van der Waals surface area (Å²) in [7, 11) is 1.64. The minimum absolute atomic E-state index is 0.0785. The first-order chi connectivity index (χ1) is 11.8. The van der Waals surface area contributed by atoms with Crippen molar-refractivity contribution in [3.63, 3.8) is 0 Å².